The van der Waals surface area contributed by atoms with Crippen molar-refractivity contribution in [3.63, 3.8) is 0 Å². The second-order valence-electron chi connectivity index (χ2n) is 5.26. The Morgan fingerprint density at radius 3 is 2.70 bits per heavy atom. The third kappa shape index (κ3) is 3.56. The number of nitrogens with zero attached hydrogens (tertiary/aromatic N) is 1. The van der Waals surface area contributed by atoms with Gasteiger partial charge in [0.05, 0.1) is 5.92 Å². The summed E-state index contributed by atoms with van der Waals surface area (Å²) >= 11 is 0. The number of hydrogen-bond donors (Lipinski definition) is 0. The summed E-state index contributed by atoms with van der Waals surface area (Å²) in [5, 5.41) is 0. The number of amides is 1. The zero-order chi connectivity index (χ0) is 14.4. The maximum Gasteiger partial charge on any atom is 0.233 e. The maximum absolute atomic E-state index is 12.6. The standard InChI is InChI=1S/C17H21NO2/c1-2-12-18(13-14-8-4-3-5-9-14)17(20)15-10-6-7-11-16(15)19/h2-5,8-9,15H,1,6-7,10-13H2. The Balaban J connectivity index is 2.09. The highest BCUT2D eigenvalue weighted by molar-refractivity contribution is 6.01. The highest BCUT2D eigenvalue weighted by atomic mass is 16.2. The van der Waals surface area contributed by atoms with E-state index in [9.17, 15) is 9.59 Å². The first-order valence-corrected chi connectivity index (χ1v) is 7.18. The van der Waals surface area contributed by atoms with Crippen LogP contribution < -0.4 is 0 Å². The topological polar surface area (TPSA) is 37.4 Å². The van der Waals surface area contributed by atoms with Crippen molar-refractivity contribution in [3.05, 3.63) is 48.6 Å². The van der Waals surface area contributed by atoms with Crippen molar-refractivity contribution in [2.24, 2.45) is 5.92 Å². The van der Waals surface area contributed by atoms with Crippen LogP contribution in [0.3, 0.4) is 0 Å². The number of rotatable bonds is 5. The normalized spacial score (nSPS) is 18.6. The van der Waals surface area contributed by atoms with Gasteiger partial charge in [0.2, 0.25) is 5.91 Å². The van der Waals surface area contributed by atoms with Gasteiger partial charge in [-0.3, -0.25) is 9.59 Å². The Labute approximate surface area is 120 Å². The van der Waals surface area contributed by atoms with Gasteiger partial charge in [-0.2, -0.15) is 0 Å². The first-order valence-electron chi connectivity index (χ1n) is 7.18. The Hall–Kier alpha value is -1.90. The number of benzene rings is 1. The highest BCUT2D eigenvalue weighted by Gasteiger charge is 2.31. The molecule has 1 aromatic carbocycles. The molecule has 0 radical (unpaired) electrons. The Morgan fingerprint density at radius 1 is 1.30 bits per heavy atom. The largest absolute Gasteiger partial charge is 0.334 e. The Bertz CT molecular complexity index is 481. The smallest absolute Gasteiger partial charge is 0.233 e. The first kappa shape index (κ1) is 14.5. The van der Waals surface area contributed by atoms with Gasteiger partial charge in [0, 0.05) is 19.5 Å². The van der Waals surface area contributed by atoms with Gasteiger partial charge in [-0.15, -0.1) is 6.58 Å². The molecule has 1 saturated carbocycles. The van der Waals surface area contributed by atoms with Crippen LogP contribution in [0.4, 0.5) is 0 Å². The van der Waals surface area contributed by atoms with Crippen LogP contribution in [0.1, 0.15) is 31.2 Å². The van der Waals surface area contributed by atoms with Crippen LogP contribution in [0.5, 0.6) is 0 Å². The molecule has 3 heteroatoms. The van der Waals surface area contributed by atoms with Gasteiger partial charge in [-0.25, -0.2) is 0 Å². The lowest BCUT2D eigenvalue weighted by Crippen LogP contribution is -2.40. The van der Waals surface area contributed by atoms with Crippen LogP contribution in [0, 0.1) is 5.92 Å². The van der Waals surface area contributed by atoms with E-state index in [1.165, 1.54) is 0 Å². The molecule has 1 aliphatic carbocycles. The zero-order valence-electron chi connectivity index (χ0n) is 11.8. The molecule has 3 nitrogen and oxygen atoms in total. The lowest BCUT2D eigenvalue weighted by Gasteiger charge is -2.28. The van der Waals surface area contributed by atoms with E-state index in [1.807, 2.05) is 30.3 Å². The van der Waals surface area contributed by atoms with Gasteiger partial charge in [-0.1, -0.05) is 42.8 Å². The van der Waals surface area contributed by atoms with Gasteiger partial charge in [-0.05, 0) is 18.4 Å². The SMILES string of the molecule is C=CCN(Cc1ccccc1)C(=O)C1CCCCC1=O. The van der Waals surface area contributed by atoms with Crippen molar-refractivity contribution in [2.45, 2.75) is 32.2 Å². The van der Waals surface area contributed by atoms with Gasteiger partial charge in [0.1, 0.15) is 5.78 Å². The van der Waals surface area contributed by atoms with Crippen LogP contribution in [0.25, 0.3) is 0 Å². The lowest BCUT2D eigenvalue weighted by atomic mass is 9.87. The average molecular weight is 271 g/mol. The molecule has 1 amide bonds. The van der Waals surface area contributed by atoms with Crippen molar-refractivity contribution in [1.29, 1.82) is 0 Å². The second kappa shape index (κ2) is 7.04. The third-order valence-electron chi connectivity index (χ3n) is 3.73. The summed E-state index contributed by atoms with van der Waals surface area (Å²) in [7, 11) is 0. The van der Waals surface area contributed by atoms with E-state index in [1.54, 1.807) is 11.0 Å². The first-order chi connectivity index (χ1) is 9.72. The van der Waals surface area contributed by atoms with Crippen LogP contribution in [-0.4, -0.2) is 23.1 Å². The molecule has 0 bridgehead atoms. The molecule has 1 fully saturated rings. The summed E-state index contributed by atoms with van der Waals surface area (Å²) in [5.41, 5.74) is 1.07. The minimum Gasteiger partial charge on any atom is -0.334 e. The van der Waals surface area contributed by atoms with Gasteiger partial charge in [0.15, 0.2) is 0 Å². The molecular weight excluding hydrogens is 250 g/mol. The molecule has 1 atom stereocenters. The molecule has 1 unspecified atom stereocenters. The fraction of sp³-hybridized carbons (Fsp3) is 0.412. The molecule has 20 heavy (non-hydrogen) atoms. The average Bonchev–Trinajstić information content (AvgIpc) is 2.48. The minimum atomic E-state index is -0.438. The molecule has 1 aromatic rings. The summed E-state index contributed by atoms with van der Waals surface area (Å²) in [6.45, 7) is 4.73. The summed E-state index contributed by atoms with van der Waals surface area (Å²) in [5.74, 6) is -0.380. The summed E-state index contributed by atoms with van der Waals surface area (Å²) < 4.78 is 0. The van der Waals surface area contributed by atoms with Crippen molar-refractivity contribution in [3.8, 4) is 0 Å². The number of carbonyl (C=O) groups excluding carboxylic acids is 2. The molecule has 106 valence electrons. The highest BCUT2D eigenvalue weighted by Crippen LogP contribution is 2.23. The van der Waals surface area contributed by atoms with E-state index in [4.69, 9.17) is 0 Å². The summed E-state index contributed by atoms with van der Waals surface area (Å²) in [6, 6.07) is 9.85. The van der Waals surface area contributed by atoms with E-state index in [-0.39, 0.29) is 11.7 Å². The lowest BCUT2D eigenvalue weighted by molar-refractivity contribution is -0.142. The van der Waals surface area contributed by atoms with Gasteiger partial charge < -0.3 is 4.90 Å². The number of carbonyl (C=O) groups is 2. The molecule has 0 spiro atoms. The van der Waals surface area contributed by atoms with Crippen LogP contribution in [0.15, 0.2) is 43.0 Å². The molecule has 0 saturated heterocycles. The van der Waals surface area contributed by atoms with E-state index < -0.39 is 5.92 Å². The summed E-state index contributed by atoms with van der Waals surface area (Å²) in [6.07, 6.45) is 4.84. The minimum absolute atomic E-state index is 0.0431. The number of ketones is 1. The molecule has 0 aromatic heterocycles. The predicted octanol–water partition coefficient (Wildman–Crippen LogP) is 2.96. The van der Waals surface area contributed by atoms with E-state index in [2.05, 4.69) is 6.58 Å². The zero-order valence-corrected chi connectivity index (χ0v) is 11.8. The number of hydrogen-bond acceptors (Lipinski definition) is 2. The van der Waals surface area contributed by atoms with Gasteiger partial charge in [0.25, 0.3) is 0 Å². The number of Topliss-reactive ketones (excluding diaryl/α,β-unsaturated/α-hetero) is 1. The fourth-order valence-electron chi connectivity index (χ4n) is 2.66. The summed E-state index contributed by atoms with van der Waals surface area (Å²) in [4.78, 5) is 26.2. The van der Waals surface area contributed by atoms with Crippen molar-refractivity contribution >= 4 is 11.7 Å². The molecule has 0 aliphatic heterocycles. The second-order valence-corrected chi connectivity index (χ2v) is 5.26. The predicted molar refractivity (Wildman–Crippen MR) is 79.0 cm³/mol. The van der Waals surface area contributed by atoms with Crippen LogP contribution in [-0.2, 0) is 16.1 Å². The van der Waals surface area contributed by atoms with E-state index in [0.717, 1.165) is 18.4 Å². The van der Waals surface area contributed by atoms with Crippen molar-refractivity contribution < 1.29 is 9.59 Å². The Kier molecular flexibility index (Phi) is 5.10. The Morgan fingerprint density at radius 2 is 2.05 bits per heavy atom. The molecule has 1 aliphatic rings. The van der Waals surface area contributed by atoms with Gasteiger partial charge >= 0.3 is 0 Å². The van der Waals surface area contributed by atoms with Crippen molar-refractivity contribution in [2.75, 3.05) is 6.54 Å². The molecule has 2 rings (SSSR count). The van der Waals surface area contributed by atoms with E-state index in [0.29, 0.717) is 25.9 Å². The molecule has 0 N–H and O–H groups in total. The molecular formula is C17H21NO2. The maximum atomic E-state index is 12.6. The van der Waals surface area contributed by atoms with Crippen LogP contribution in [0.2, 0.25) is 0 Å². The van der Waals surface area contributed by atoms with E-state index >= 15 is 0 Å². The third-order valence-corrected chi connectivity index (χ3v) is 3.73. The molecule has 0 heterocycles. The van der Waals surface area contributed by atoms with Crippen LogP contribution >= 0.6 is 0 Å². The monoisotopic (exact) mass is 271 g/mol. The fourth-order valence-corrected chi connectivity index (χ4v) is 2.66. The quantitative estimate of drug-likeness (QED) is 0.610. The van der Waals surface area contributed by atoms with Crippen molar-refractivity contribution in [1.82, 2.24) is 4.90 Å².